The summed E-state index contributed by atoms with van der Waals surface area (Å²) in [5.74, 6) is 0. The summed E-state index contributed by atoms with van der Waals surface area (Å²) in [5.41, 5.74) is 3.27. The van der Waals surface area contributed by atoms with Crippen LogP contribution in [0.15, 0.2) is 35.6 Å². The molecular weight excluding hydrogens is 210 g/mol. The van der Waals surface area contributed by atoms with Crippen molar-refractivity contribution in [2.24, 2.45) is 0 Å². The molecule has 0 aromatic carbocycles. The van der Waals surface area contributed by atoms with Crippen LogP contribution in [0, 0.1) is 0 Å². The highest BCUT2D eigenvalue weighted by Crippen LogP contribution is 2.13. The van der Waals surface area contributed by atoms with Gasteiger partial charge >= 0.3 is 0 Å². The minimum Gasteiger partial charge on any atom is -0.392 e. The van der Waals surface area contributed by atoms with Gasteiger partial charge in [0, 0.05) is 19.3 Å². The molecule has 2 heteroatoms. The number of hydrogen-bond acceptors (Lipinski definition) is 2. The van der Waals surface area contributed by atoms with Crippen molar-refractivity contribution in [2.45, 2.75) is 41.0 Å². The Morgan fingerprint density at radius 1 is 1.29 bits per heavy atom. The summed E-state index contributed by atoms with van der Waals surface area (Å²) in [6.07, 6.45) is 4.81. The Labute approximate surface area is 107 Å². The fraction of sp³-hybridized carbons (Fsp3) is 0.600. The molecule has 0 unspecified atom stereocenters. The maximum absolute atomic E-state index is 9.09. The van der Waals surface area contributed by atoms with E-state index in [-0.39, 0.29) is 6.61 Å². The molecule has 1 N–H and O–H groups in total. The predicted molar refractivity (Wildman–Crippen MR) is 78.0 cm³/mol. The summed E-state index contributed by atoms with van der Waals surface area (Å²) in [7, 11) is 2.07. The largest absolute Gasteiger partial charge is 0.392 e. The molecule has 0 heterocycles. The van der Waals surface area contributed by atoms with Crippen LogP contribution in [0.1, 0.15) is 41.0 Å². The van der Waals surface area contributed by atoms with Gasteiger partial charge in [0.1, 0.15) is 0 Å². The third kappa shape index (κ3) is 7.81. The maximum Gasteiger partial charge on any atom is 0.0682 e. The van der Waals surface area contributed by atoms with Crippen LogP contribution >= 0.6 is 0 Å². The van der Waals surface area contributed by atoms with E-state index < -0.39 is 0 Å². The first-order valence-electron chi connectivity index (χ1n) is 6.39. The van der Waals surface area contributed by atoms with E-state index in [0.717, 1.165) is 18.5 Å². The van der Waals surface area contributed by atoms with E-state index in [0.29, 0.717) is 0 Å². The molecule has 0 saturated carbocycles. The second-order valence-corrected chi connectivity index (χ2v) is 3.89. The molecule has 0 aliphatic heterocycles. The molecule has 0 saturated heterocycles. The summed E-state index contributed by atoms with van der Waals surface area (Å²) >= 11 is 0. The minimum atomic E-state index is 0.0419. The fourth-order valence-electron chi connectivity index (χ4n) is 1.44. The molecular formula is C15H29NO. The molecule has 2 nitrogen and oxygen atoms in total. The van der Waals surface area contributed by atoms with E-state index in [1.807, 2.05) is 19.9 Å². The topological polar surface area (TPSA) is 23.5 Å². The van der Waals surface area contributed by atoms with Crippen molar-refractivity contribution in [3.05, 3.63) is 35.6 Å². The molecule has 0 atom stereocenters. The minimum absolute atomic E-state index is 0.0419. The SMILES string of the molecule is C=C/C(=C\C(=C(C)C)N(C)CCC)CO.CC. The van der Waals surface area contributed by atoms with Crippen LogP contribution in [-0.4, -0.2) is 30.2 Å². The first-order valence-corrected chi connectivity index (χ1v) is 6.39. The number of likely N-dealkylation sites (N-methyl/N-ethyl adjacent to an activating group) is 1. The molecule has 100 valence electrons. The van der Waals surface area contributed by atoms with Gasteiger partial charge in [-0.3, -0.25) is 0 Å². The van der Waals surface area contributed by atoms with Gasteiger partial charge in [-0.25, -0.2) is 0 Å². The zero-order chi connectivity index (χ0) is 13.8. The van der Waals surface area contributed by atoms with Crippen LogP contribution in [0.4, 0.5) is 0 Å². The van der Waals surface area contributed by atoms with Crippen LogP contribution in [-0.2, 0) is 0 Å². The van der Waals surface area contributed by atoms with Crippen molar-refractivity contribution < 1.29 is 5.11 Å². The van der Waals surface area contributed by atoms with Crippen molar-refractivity contribution in [3.8, 4) is 0 Å². The smallest absolute Gasteiger partial charge is 0.0682 e. The van der Waals surface area contributed by atoms with Gasteiger partial charge in [-0.15, -0.1) is 0 Å². The van der Waals surface area contributed by atoms with E-state index >= 15 is 0 Å². The van der Waals surface area contributed by atoms with Gasteiger partial charge in [-0.2, -0.15) is 0 Å². The number of rotatable bonds is 6. The first kappa shape index (κ1) is 18.3. The van der Waals surface area contributed by atoms with Gasteiger partial charge in [-0.1, -0.05) is 39.0 Å². The van der Waals surface area contributed by atoms with Gasteiger partial charge in [0.25, 0.3) is 0 Å². The standard InChI is InChI=1S/C13H23NO.C2H6/c1-6-8-14(5)13(11(3)4)9-12(7-2)10-15;1-2/h7,9,15H,2,6,8,10H2,1,3-5H3;1-2H3/b12-9+;. The second-order valence-electron chi connectivity index (χ2n) is 3.89. The predicted octanol–water partition coefficient (Wildman–Crippen LogP) is 3.75. The Hall–Kier alpha value is -1.02. The molecule has 17 heavy (non-hydrogen) atoms. The highest BCUT2D eigenvalue weighted by molar-refractivity contribution is 5.31. The number of allylic oxidation sites excluding steroid dienone is 2. The molecule has 0 rings (SSSR count). The Kier molecular flexibility index (Phi) is 12.4. The summed E-state index contributed by atoms with van der Waals surface area (Å²) < 4.78 is 0. The number of aliphatic hydroxyl groups is 1. The third-order valence-corrected chi connectivity index (χ3v) is 2.25. The summed E-state index contributed by atoms with van der Waals surface area (Å²) in [6.45, 7) is 15.1. The van der Waals surface area contributed by atoms with Crippen molar-refractivity contribution in [1.29, 1.82) is 0 Å². The monoisotopic (exact) mass is 239 g/mol. The van der Waals surface area contributed by atoms with E-state index in [4.69, 9.17) is 5.11 Å². The molecule has 0 aliphatic rings. The van der Waals surface area contributed by atoms with Crippen LogP contribution in [0.5, 0.6) is 0 Å². The lowest BCUT2D eigenvalue weighted by atomic mass is 10.1. The highest BCUT2D eigenvalue weighted by Gasteiger charge is 2.03. The van der Waals surface area contributed by atoms with E-state index in [1.54, 1.807) is 6.08 Å². The van der Waals surface area contributed by atoms with Gasteiger partial charge in [0.2, 0.25) is 0 Å². The average Bonchev–Trinajstić information content (AvgIpc) is 2.33. The van der Waals surface area contributed by atoms with Crippen LogP contribution < -0.4 is 0 Å². The molecule has 0 aromatic heterocycles. The van der Waals surface area contributed by atoms with E-state index in [9.17, 15) is 0 Å². The normalized spacial score (nSPS) is 10.2. The van der Waals surface area contributed by atoms with Crippen molar-refractivity contribution in [3.63, 3.8) is 0 Å². The fourth-order valence-corrected chi connectivity index (χ4v) is 1.44. The van der Waals surface area contributed by atoms with Crippen LogP contribution in [0.25, 0.3) is 0 Å². The Bertz CT molecular complexity index is 260. The Morgan fingerprint density at radius 3 is 2.12 bits per heavy atom. The Balaban J connectivity index is 0. The van der Waals surface area contributed by atoms with Gasteiger partial charge in [0.15, 0.2) is 0 Å². The van der Waals surface area contributed by atoms with E-state index in [2.05, 4.69) is 39.3 Å². The third-order valence-electron chi connectivity index (χ3n) is 2.25. The maximum atomic E-state index is 9.09. The van der Waals surface area contributed by atoms with Gasteiger partial charge in [-0.05, 0) is 31.9 Å². The lowest BCUT2D eigenvalue weighted by Gasteiger charge is -2.22. The van der Waals surface area contributed by atoms with Crippen LogP contribution in [0.2, 0.25) is 0 Å². The number of nitrogens with zero attached hydrogens (tertiary/aromatic N) is 1. The quantitative estimate of drug-likeness (QED) is 0.714. The highest BCUT2D eigenvalue weighted by atomic mass is 16.3. The van der Waals surface area contributed by atoms with Gasteiger partial charge < -0.3 is 10.0 Å². The van der Waals surface area contributed by atoms with Crippen molar-refractivity contribution in [1.82, 2.24) is 4.90 Å². The molecule has 0 aromatic rings. The summed E-state index contributed by atoms with van der Waals surface area (Å²) in [4.78, 5) is 2.20. The molecule has 0 spiro atoms. The molecule has 0 aliphatic carbocycles. The molecule has 0 amide bonds. The van der Waals surface area contributed by atoms with Gasteiger partial charge in [0.05, 0.1) is 6.61 Å². The zero-order valence-electron chi connectivity index (χ0n) is 12.4. The molecule has 0 fully saturated rings. The Morgan fingerprint density at radius 2 is 1.82 bits per heavy atom. The van der Waals surface area contributed by atoms with Crippen molar-refractivity contribution >= 4 is 0 Å². The lowest BCUT2D eigenvalue weighted by molar-refractivity contribution is 0.334. The average molecular weight is 239 g/mol. The van der Waals surface area contributed by atoms with Crippen LogP contribution in [0.3, 0.4) is 0 Å². The summed E-state index contributed by atoms with van der Waals surface area (Å²) in [6, 6.07) is 0. The second kappa shape index (κ2) is 11.5. The number of aliphatic hydroxyl groups excluding tert-OH is 1. The lowest BCUT2D eigenvalue weighted by Crippen LogP contribution is -2.18. The number of hydrogen-bond donors (Lipinski definition) is 1. The van der Waals surface area contributed by atoms with E-state index in [1.165, 1.54) is 11.3 Å². The first-order chi connectivity index (χ1) is 8.06. The zero-order valence-corrected chi connectivity index (χ0v) is 12.4. The summed E-state index contributed by atoms with van der Waals surface area (Å²) in [5, 5.41) is 9.09. The van der Waals surface area contributed by atoms with Crippen molar-refractivity contribution in [2.75, 3.05) is 20.2 Å². The molecule has 0 radical (unpaired) electrons. The molecule has 0 bridgehead atoms.